The van der Waals surface area contributed by atoms with Crippen LogP contribution >= 0.6 is 23.4 Å². The Morgan fingerprint density at radius 2 is 2.00 bits per heavy atom. The van der Waals surface area contributed by atoms with Gasteiger partial charge < -0.3 is 4.90 Å². The molecule has 0 saturated heterocycles. The molecule has 1 aliphatic rings. The van der Waals surface area contributed by atoms with Crippen LogP contribution in [0.15, 0.2) is 52.3 Å². The van der Waals surface area contributed by atoms with Crippen LogP contribution < -0.4 is 4.90 Å². The number of fused-ring (bicyclic) bond motifs is 1. The Kier molecular flexibility index (Phi) is 5.59. The fourth-order valence-corrected chi connectivity index (χ4v) is 5.08. The molecule has 3 rings (SSSR count). The number of rotatable bonds is 4. The Balaban J connectivity index is 2.01. The smallest absolute Gasteiger partial charge is 0.266 e. The average molecular weight is 413 g/mol. The molecule has 138 valence electrons. The van der Waals surface area contributed by atoms with E-state index < -0.39 is 10.0 Å². The van der Waals surface area contributed by atoms with Gasteiger partial charge in [0.05, 0.1) is 17.8 Å². The lowest BCUT2D eigenvalue weighted by Gasteiger charge is -2.29. The second-order valence-corrected chi connectivity index (χ2v) is 8.96. The van der Waals surface area contributed by atoms with E-state index in [4.69, 9.17) is 16.4 Å². The normalized spacial score (nSPS) is 14.4. The van der Waals surface area contributed by atoms with Gasteiger partial charge in [-0.2, -0.15) is 0 Å². The van der Waals surface area contributed by atoms with Gasteiger partial charge in [-0.3, -0.25) is 9.63 Å². The van der Waals surface area contributed by atoms with Gasteiger partial charge in [-0.15, -0.1) is 11.8 Å². The summed E-state index contributed by atoms with van der Waals surface area (Å²) >= 11 is 7.75. The van der Waals surface area contributed by atoms with Gasteiger partial charge in [-0.05, 0) is 30.3 Å². The van der Waals surface area contributed by atoms with Crippen LogP contribution in [0.4, 0.5) is 5.69 Å². The number of hydrogen-bond donors (Lipinski definition) is 0. The lowest BCUT2D eigenvalue weighted by Crippen LogP contribution is -2.35. The number of hydroxylamine groups is 1. The van der Waals surface area contributed by atoms with E-state index in [-0.39, 0.29) is 21.4 Å². The lowest BCUT2D eigenvalue weighted by atomic mass is 10.1. The summed E-state index contributed by atoms with van der Waals surface area (Å²) in [7, 11) is -1.46. The molecular formula is C17H17ClN2O4S2. The molecule has 26 heavy (non-hydrogen) atoms. The van der Waals surface area contributed by atoms with E-state index in [1.165, 1.54) is 32.4 Å². The van der Waals surface area contributed by atoms with Gasteiger partial charge in [-0.1, -0.05) is 28.2 Å². The van der Waals surface area contributed by atoms with Crippen LogP contribution in [0, 0.1) is 0 Å². The third-order valence-electron chi connectivity index (χ3n) is 4.03. The summed E-state index contributed by atoms with van der Waals surface area (Å²) < 4.78 is 25.7. The molecule has 9 heteroatoms. The number of carbonyl (C=O) groups is 1. The summed E-state index contributed by atoms with van der Waals surface area (Å²) in [6.45, 7) is 0.545. The summed E-state index contributed by atoms with van der Waals surface area (Å²) in [6.07, 6.45) is 0. The van der Waals surface area contributed by atoms with Crippen LogP contribution in [0.25, 0.3) is 0 Å². The number of carbonyl (C=O) groups excluding carboxylic acids is 1. The van der Waals surface area contributed by atoms with E-state index in [0.29, 0.717) is 11.0 Å². The van der Waals surface area contributed by atoms with Crippen molar-refractivity contribution in [3.63, 3.8) is 0 Å². The van der Waals surface area contributed by atoms with Gasteiger partial charge in [0.2, 0.25) is 0 Å². The highest BCUT2D eigenvalue weighted by atomic mass is 35.5. The number of amides is 1. The maximum absolute atomic E-state index is 13.0. The third-order valence-corrected chi connectivity index (χ3v) is 7.23. The Labute approximate surface area is 161 Å². The van der Waals surface area contributed by atoms with Crippen LogP contribution in [0.5, 0.6) is 0 Å². The first-order valence-corrected chi connectivity index (χ1v) is 10.5. The summed E-state index contributed by atoms with van der Waals surface area (Å²) in [5, 5.41) is 0.0278. The number of para-hydroxylation sites is 1. The van der Waals surface area contributed by atoms with E-state index in [1.807, 2.05) is 24.3 Å². The van der Waals surface area contributed by atoms with E-state index in [0.717, 1.165) is 16.3 Å². The predicted molar refractivity (Wildman–Crippen MR) is 102 cm³/mol. The van der Waals surface area contributed by atoms with E-state index in [2.05, 4.69) is 0 Å². The number of sulfonamides is 1. The van der Waals surface area contributed by atoms with Gasteiger partial charge in [-0.25, -0.2) is 8.42 Å². The maximum Gasteiger partial charge on any atom is 0.266 e. The maximum atomic E-state index is 13.0. The van der Waals surface area contributed by atoms with Crippen molar-refractivity contribution in [1.29, 1.82) is 0 Å². The van der Waals surface area contributed by atoms with Crippen molar-refractivity contribution in [1.82, 2.24) is 4.47 Å². The molecule has 1 heterocycles. The number of benzene rings is 2. The summed E-state index contributed by atoms with van der Waals surface area (Å²) in [5.41, 5.74) is 1.07. The van der Waals surface area contributed by atoms with Crippen LogP contribution in [0.1, 0.15) is 10.4 Å². The minimum atomic E-state index is -3.96. The number of anilines is 1. The van der Waals surface area contributed by atoms with Crippen molar-refractivity contribution in [2.24, 2.45) is 0 Å². The van der Waals surface area contributed by atoms with Gasteiger partial charge in [0.25, 0.3) is 15.9 Å². The number of halogens is 1. The van der Waals surface area contributed by atoms with E-state index >= 15 is 0 Å². The summed E-state index contributed by atoms with van der Waals surface area (Å²) in [6, 6.07) is 11.9. The van der Waals surface area contributed by atoms with Gasteiger partial charge >= 0.3 is 0 Å². The molecule has 1 aliphatic heterocycles. The molecule has 0 fully saturated rings. The number of nitrogens with zero attached hydrogens (tertiary/aromatic N) is 2. The van der Waals surface area contributed by atoms with E-state index in [1.54, 1.807) is 16.7 Å². The standard InChI is InChI=1S/C17H17ClN2O4S2/c1-19(24-2)26(22,23)16-11-12(7-8-13(16)18)17(21)20-9-10-25-15-6-4-3-5-14(15)20/h3-8,11H,9-10H2,1-2H3. The van der Waals surface area contributed by atoms with Crippen molar-refractivity contribution in [2.75, 3.05) is 31.4 Å². The topological polar surface area (TPSA) is 66.9 Å². The SMILES string of the molecule is CON(C)S(=O)(=O)c1cc(C(=O)N2CCSc3ccccc32)ccc1Cl. The Morgan fingerprint density at radius 3 is 2.73 bits per heavy atom. The third kappa shape index (κ3) is 3.47. The molecule has 1 amide bonds. The second-order valence-electron chi connectivity index (χ2n) is 5.52. The number of thioether (sulfide) groups is 1. The van der Waals surface area contributed by atoms with Crippen LogP contribution in [-0.4, -0.2) is 45.2 Å². The molecule has 0 spiro atoms. The summed E-state index contributed by atoms with van der Waals surface area (Å²) in [4.78, 5) is 20.3. The van der Waals surface area contributed by atoms with Crippen molar-refractivity contribution < 1.29 is 18.0 Å². The highest BCUT2D eigenvalue weighted by Gasteiger charge is 2.28. The molecule has 0 aromatic heterocycles. The highest BCUT2D eigenvalue weighted by Crippen LogP contribution is 2.35. The Hall–Kier alpha value is -1.58. The molecule has 0 aliphatic carbocycles. The van der Waals surface area contributed by atoms with Crippen LogP contribution in [0.3, 0.4) is 0 Å². The van der Waals surface area contributed by atoms with Crippen molar-refractivity contribution in [3.8, 4) is 0 Å². The quantitative estimate of drug-likeness (QED) is 0.721. The van der Waals surface area contributed by atoms with Crippen molar-refractivity contribution in [2.45, 2.75) is 9.79 Å². The molecule has 0 saturated carbocycles. The van der Waals surface area contributed by atoms with Crippen LogP contribution in [-0.2, 0) is 14.9 Å². The molecular weight excluding hydrogens is 396 g/mol. The lowest BCUT2D eigenvalue weighted by molar-refractivity contribution is -0.0258. The average Bonchev–Trinajstić information content (AvgIpc) is 2.66. The van der Waals surface area contributed by atoms with E-state index in [9.17, 15) is 13.2 Å². The zero-order valence-corrected chi connectivity index (χ0v) is 16.6. The highest BCUT2D eigenvalue weighted by molar-refractivity contribution is 7.99. The first-order valence-electron chi connectivity index (χ1n) is 7.72. The molecule has 0 N–H and O–H groups in total. The molecule has 0 atom stereocenters. The molecule has 2 aromatic rings. The van der Waals surface area contributed by atoms with Crippen molar-refractivity contribution in [3.05, 3.63) is 53.1 Å². The zero-order chi connectivity index (χ0) is 18.9. The first-order chi connectivity index (χ1) is 12.4. The fourth-order valence-electron chi connectivity index (χ4n) is 2.61. The molecule has 0 radical (unpaired) electrons. The van der Waals surface area contributed by atoms with Gasteiger partial charge in [0, 0.05) is 29.8 Å². The van der Waals surface area contributed by atoms with Crippen molar-refractivity contribution >= 4 is 45.0 Å². The van der Waals surface area contributed by atoms with Gasteiger partial charge in [0.1, 0.15) is 4.90 Å². The first kappa shape index (κ1) is 19.2. The fraction of sp³-hybridized carbons (Fsp3) is 0.235. The minimum absolute atomic E-state index is 0.0278. The Morgan fingerprint density at radius 1 is 1.27 bits per heavy atom. The largest absolute Gasteiger partial charge is 0.306 e. The van der Waals surface area contributed by atoms with Gasteiger partial charge in [0.15, 0.2) is 0 Å². The van der Waals surface area contributed by atoms with Crippen LogP contribution in [0.2, 0.25) is 5.02 Å². The molecule has 0 unspecified atom stereocenters. The molecule has 2 aromatic carbocycles. The molecule has 0 bridgehead atoms. The summed E-state index contributed by atoms with van der Waals surface area (Å²) in [5.74, 6) is 0.499. The number of hydrogen-bond acceptors (Lipinski definition) is 5. The second kappa shape index (κ2) is 7.58. The molecule has 6 nitrogen and oxygen atoms in total. The Bertz CT molecular complexity index is 950. The minimum Gasteiger partial charge on any atom is -0.306 e. The zero-order valence-electron chi connectivity index (χ0n) is 14.2. The predicted octanol–water partition coefficient (Wildman–Crippen LogP) is 3.27. The monoisotopic (exact) mass is 412 g/mol.